The Morgan fingerprint density at radius 3 is 2.68 bits per heavy atom. The van der Waals surface area contributed by atoms with Crippen LogP contribution in [0, 0.1) is 0 Å². The average molecular weight is 383 g/mol. The first-order chi connectivity index (χ1) is 13.7. The molecule has 0 bridgehead atoms. The Kier molecular flexibility index (Phi) is 7.12. The summed E-state index contributed by atoms with van der Waals surface area (Å²) in [5, 5.41) is 3.31. The summed E-state index contributed by atoms with van der Waals surface area (Å²) in [6, 6.07) is 11.7. The van der Waals surface area contributed by atoms with E-state index < -0.39 is 0 Å². The quantitative estimate of drug-likeness (QED) is 0.706. The predicted molar refractivity (Wildman–Crippen MR) is 113 cm³/mol. The lowest BCUT2D eigenvalue weighted by Gasteiger charge is -2.36. The summed E-state index contributed by atoms with van der Waals surface area (Å²) in [5.41, 5.74) is 1.78. The molecule has 1 amide bonds. The third-order valence-corrected chi connectivity index (χ3v) is 5.09. The van der Waals surface area contributed by atoms with Crippen LogP contribution < -0.4 is 15.0 Å². The number of nitrogens with one attached hydrogen (secondary N) is 1. The van der Waals surface area contributed by atoms with Crippen LogP contribution >= 0.6 is 0 Å². The molecule has 1 aromatic heterocycles. The highest BCUT2D eigenvalue weighted by atomic mass is 16.5. The minimum atomic E-state index is 0.0682. The lowest BCUT2D eigenvalue weighted by molar-refractivity contribution is 0.0746. The number of nitrogens with zero attached hydrogens (tertiary/aromatic N) is 3. The number of benzene rings is 1. The normalized spacial score (nSPS) is 14.1. The number of unbranched alkanes of at least 4 members (excludes halogenated alkanes) is 2. The number of piperazine rings is 1. The van der Waals surface area contributed by atoms with Gasteiger partial charge in [-0.3, -0.25) is 4.79 Å². The zero-order valence-corrected chi connectivity index (χ0v) is 16.9. The van der Waals surface area contributed by atoms with E-state index in [2.05, 4.69) is 28.2 Å². The summed E-state index contributed by atoms with van der Waals surface area (Å²) in [6.45, 7) is 6.04. The number of methoxy groups -OCH3 is 1. The molecule has 0 radical (unpaired) electrons. The van der Waals surface area contributed by atoms with Gasteiger partial charge in [-0.15, -0.1) is 0 Å². The van der Waals surface area contributed by atoms with Gasteiger partial charge in [0, 0.05) is 44.5 Å². The van der Waals surface area contributed by atoms with Gasteiger partial charge < -0.3 is 19.9 Å². The number of para-hydroxylation sites is 2. The Hall–Kier alpha value is -2.76. The molecule has 2 aromatic rings. The van der Waals surface area contributed by atoms with Crippen molar-refractivity contribution in [2.24, 2.45) is 0 Å². The fraction of sp³-hybridized carbons (Fsp3) is 0.455. The minimum Gasteiger partial charge on any atom is -0.495 e. The van der Waals surface area contributed by atoms with Crippen molar-refractivity contribution in [1.29, 1.82) is 0 Å². The van der Waals surface area contributed by atoms with Gasteiger partial charge >= 0.3 is 0 Å². The summed E-state index contributed by atoms with van der Waals surface area (Å²) >= 11 is 0. The lowest BCUT2D eigenvalue weighted by atomic mass is 10.2. The number of hydrogen-bond donors (Lipinski definition) is 1. The van der Waals surface area contributed by atoms with Gasteiger partial charge in [-0.25, -0.2) is 4.98 Å². The van der Waals surface area contributed by atoms with Gasteiger partial charge in [0.15, 0.2) is 0 Å². The van der Waals surface area contributed by atoms with Crippen LogP contribution in [0.3, 0.4) is 0 Å². The summed E-state index contributed by atoms with van der Waals surface area (Å²) in [7, 11) is 1.69. The van der Waals surface area contributed by atoms with Crippen LogP contribution in [0.4, 0.5) is 11.5 Å². The van der Waals surface area contributed by atoms with Gasteiger partial charge in [-0.05, 0) is 30.7 Å². The number of ether oxygens (including phenoxy) is 1. The van der Waals surface area contributed by atoms with Crippen molar-refractivity contribution < 1.29 is 9.53 Å². The average Bonchev–Trinajstić information content (AvgIpc) is 2.76. The largest absolute Gasteiger partial charge is 0.495 e. The smallest absolute Gasteiger partial charge is 0.254 e. The van der Waals surface area contributed by atoms with E-state index in [4.69, 9.17) is 4.74 Å². The monoisotopic (exact) mass is 382 g/mol. The third kappa shape index (κ3) is 4.94. The second-order valence-electron chi connectivity index (χ2n) is 7.01. The van der Waals surface area contributed by atoms with Crippen molar-refractivity contribution >= 4 is 17.4 Å². The minimum absolute atomic E-state index is 0.0682. The Labute approximate surface area is 167 Å². The van der Waals surface area contributed by atoms with Crippen LogP contribution in [-0.2, 0) is 0 Å². The number of pyridine rings is 1. The molecule has 1 fully saturated rings. The van der Waals surface area contributed by atoms with E-state index >= 15 is 0 Å². The molecule has 1 N–H and O–H groups in total. The van der Waals surface area contributed by atoms with Crippen molar-refractivity contribution in [3.63, 3.8) is 0 Å². The fourth-order valence-corrected chi connectivity index (χ4v) is 3.48. The number of anilines is 2. The lowest BCUT2D eigenvalue weighted by Crippen LogP contribution is -2.48. The molecule has 6 heteroatoms. The molecular weight excluding hydrogens is 352 g/mol. The Bertz CT molecular complexity index is 773. The van der Waals surface area contributed by atoms with Gasteiger partial charge in [0.1, 0.15) is 11.6 Å². The van der Waals surface area contributed by atoms with Gasteiger partial charge in [0.25, 0.3) is 5.91 Å². The molecule has 0 spiro atoms. The van der Waals surface area contributed by atoms with Crippen LogP contribution in [0.5, 0.6) is 5.75 Å². The maximum absolute atomic E-state index is 12.9. The third-order valence-electron chi connectivity index (χ3n) is 5.09. The first kappa shape index (κ1) is 20.0. The van der Waals surface area contributed by atoms with E-state index in [1.807, 2.05) is 29.2 Å². The van der Waals surface area contributed by atoms with Crippen molar-refractivity contribution in [2.75, 3.05) is 50.1 Å². The number of amides is 1. The molecule has 1 aliphatic heterocycles. The van der Waals surface area contributed by atoms with Crippen LogP contribution in [0.15, 0.2) is 42.6 Å². The van der Waals surface area contributed by atoms with E-state index in [0.29, 0.717) is 18.7 Å². The van der Waals surface area contributed by atoms with E-state index in [1.165, 1.54) is 12.8 Å². The number of aromatic nitrogens is 1. The molecular formula is C22H30N4O2. The van der Waals surface area contributed by atoms with Gasteiger partial charge in [0.2, 0.25) is 0 Å². The van der Waals surface area contributed by atoms with Crippen LogP contribution in [0.2, 0.25) is 0 Å². The van der Waals surface area contributed by atoms with Crippen LogP contribution in [-0.4, -0.2) is 55.6 Å². The van der Waals surface area contributed by atoms with E-state index in [1.54, 1.807) is 19.4 Å². The highest BCUT2D eigenvalue weighted by Crippen LogP contribution is 2.28. The molecule has 28 heavy (non-hydrogen) atoms. The topological polar surface area (TPSA) is 57.7 Å². The highest BCUT2D eigenvalue weighted by molar-refractivity contribution is 5.95. The molecule has 0 saturated carbocycles. The second kappa shape index (κ2) is 9.97. The van der Waals surface area contributed by atoms with Gasteiger partial charge in [0.05, 0.1) is 12.8 Å². The SMILES string of the molecule is CCCCCNc1cc(C(=O)N2CCN(c3ccccc3OC)CC2)ccn1. The van der Waals surface area contributed by atoms with Crippen LogP contribution in [0.25, 0.3) is 0 Å². The van der Waals surface area contributed by atoms with Gasteiger partial charge in [-0.2, -0.15) is 0 Å². The Morgan fingerprint density at radius 1 is 1.14 bits per heavy atom. The Balaban J connectivity index is 1.58. The standard InChI is InChI=1S/C22H30N4O2/c1-3-4-7-11-23-21-17-18(10-12-24-21)22(27)26-15-13-25(14-16-26)19-8-5-6-9-20(19)28-2/h5-6,8-10,12,17H,3-4,7,11,13-16H2,1-2H3,(H,23,24). The maximum Gasteiger partial charge on any atom is 0.254 e. The number of hydrogen-bond acceptors (Lipinski definition) is 5. The summed E-state index contributed by atoms with van der Waals surface area (Å²) in [6.07, 6.45) is 5.21. The van der Waals surface area contributed by atoms with E-state index in [-0.39, 0.29) is 5.91 Å². The molecule has 1 saturated heterocycles. The zero-order chi connectivity index (χ0) is 19.8. The van der Waals surface area contributed by atoms with Gasteiger partial charge in [-0.1, -0.05) is 31.9 Å². The van der Waals surface area contributed by atoms with Crippen molar-refractivity contribution in [3.8, 4) is 5.75 Å². The second-order valence-corrected chi connectivity index (χ2v) is 7.01. The van der Waals surface area contributed by atoms with Crippen molar-refractivity contribution in [1.82, 2.24) is 9.88 Å². The first-order valence-electron chi connectivity index (χ1n) is 10.1. The predicted octanol–water partition coefficient (Wildman–Crippen LogP) is 3.65. The van der Waals surface area contributed by atoms with Crippen molar-refractivity contribution in [3.05, 3.63) is 48.2 Å². The molecule has 1 aliphatic rings. The molecule has 0 atom stereocenters. The summed E-state index contributed by atoms with van der Waals surface area (Å²) < 4.78 is 5.47. The zero-order valence-electron chi connectivity index (χ0n) is 16.9. The summed E-state index contributed by atoms with van der Waals surface area (Å²) in [4.78, 5) is 21.4. The van der Waals surface area contributed by atoms with Crippen molar-refractivity contribution in [2.45, 2.75) is 26.2 Å². The highest BCUT2D eigenvalue weighted by Gasteiger charge is 2.23. The summed E-state index contributed by atoms with van der Waals surface area (Å²) in [5.74, 6) is 1.71. The fourth-order valence-electron chi connectivity index (χ4n) is 3.48. The first-order valence-corrected chi connectivity index (χ1v) is 10.1. The molecule has 2 heterocycles. The number of rotatable bonds is 8. The molecule has 150 valence electrons. The number of carbonyl (C=O) groups excluding carboxylic acids is 1. The Morgan fingerprint density at radius 2 is 1.93 bits per heavy atom. The maximum atomic E-state index is 12.9. The molecule has 6 nitrogen and oxygen atoms in total. The molecule has 3 rings (SSSR count). The number of carbonyl (C=O) groups is 1. The molecule has 1 aromatic carbocycles. The van der Waals surface area contributed by atoms with E-state index in [0.717, 1.165) is 43.3 Å². The molecule has 0 unspecified atom stereocenters. The van der Waals surface area contributed by atoms with Crippen LogP contribution in [0.1, 0.15) is 36.5 Å². The van der Waals surface area contributed by atoms with E-state index in [9.17, 15) is 4.79 Å². The molecule has 0 aliphatic carbocycles.